The first-order chi connectivity index (χ1) is 7.15. The normalized spacial score (nSPS) is 12.2. The summed E-state index contributed by atoms with van der Waals surface area (Å²) in [5, 5.41) is 0. The Morgan fingerprint density at radius 3 is 2.40 bits per heavy atom. The van der Waals surface area contributed by atoms with Gasteiger partial charge in [-0.25, -0.2) is 4.79 Å². The lowest BCUT2D eigenvalue weighted by atomic mass is 9.99. The third kappa shape index (κ3) is 3.24. The van der Waals surface area contributed by atoms with Gasteiger partial charge in [-0.3, -0.25) is 0 Å². The van der Waals surface area contributed by atoms with E-state index in [1.807, 2.05) is 44.2 Å². The SMILES string of the molecule is C=CC(=O)OC(c1ccccc1)C(C)C. The van der Waals surface area contributed by atoms with Gasteiger partial charge in [-0.1, -0.05) is 50.8 Å². The fourth-order valence-electron chi connectivity index (χ4n) is 1.40. The summed E-state index contributed by atoms with van der Waals surface area (Å²) in [5.41, 5.74) is 1.02. The molecule has 1 unspecified atom stereocenters. The van der Waals surface area contributed by atoms with Gasteiger partial charge in [0.15, 0.2) is 0 Å². The Balaban J connectivity index is 2.84. The molecule has 0 aromatic heterocycles. The summed E-state index contributed by atoms with van der Waals surface area (Å²) in [4.78, 5) is 11.2. The van der Waals surface area contributed by atoms with Crippen LogP contribution in [0.2, 0.25) is 0 Å². The molecule has 0 heterocycles. The van der Waals surface area contributed by atoms with Gasteiger partial charge in [0.1, 0.15) is 6.10 Å². The van der Waals surface area contributed by atoms with Gasteiger partial charge in [0.25, 0.3) is 0 Å². The van der Waals surface area contributed by atoms with Crippen LogP contribution in [0.5, 0.6) is 0 Å². The molecule has 15 heavy (non-hydrogen) atoms. The number of benzene rings is 1. The third-order valence-electron chi connectivity index (χ3n) is 2.14. The van der Waals surface area contributed by atoms with Crippen molar-refractivity contribution in [3.8, 4) is 0 Å². The van der Waals surface area contributed by atoms with Crippen molar-refractivity contribution in [2.75, 3.05) is 0 Å². The summed E-state index contributed by atoms with van der Waals surface area (Å²) < 4.78 is 5.29. The molecule has 80 valence electrons. The molecule has 0 bridgehead atoms. The van der Waals surface area contributed by atoms with E-state index in [9.17, 15) is 4.79 Å². The minimum Gasteiger partial charge on any atom is -0.454 e. The number of rotatable bonds is 4. The molecule has 1 aromatic rings. The van der Waals surface area contributed by atoms with Crippen LogP contribution in [-0.4, -0.2) is 5.97 Å². The van der Waals surface area contributed by atoms with E-state index in [0.717, 1.165) is 5.56 Å². The molecule has 0 amide bonds. The molecule has 0 aliphatic heterocycles. The fraction of sp³-hybridized carbons (Fsp3) is 0.308. The van der Waals surface area contributed by atoms with Crippen LogP contribution in [0.3, 0.4) is 0 Å². The number of carbonyl (C=O) groups is 1. The molecule has 1 rings (SSSR count). The second kappa shape index (κ2) is 5.35. The molecule has 0 fully saturated rings. The zero-order chi connectivity index (χ0) is 11.3. The molecule has 0 saturated carbocycles. The highest BCUT2D eigenvalue weighted by Crippen LogP contribution is 2.25. The van der Waals surface area contributed by atoms with Crippen LogP contribution in [0.4, 0.5) is 0 Å². The molecule has 2 heteroatoms. The van der Waals surface area contributed by atoms with E-state index in [-0.39, 0.29) is 18.0 Å². The van der Waals surface area contributed by atoms with Crippen LogP contribution in [0.25, 0.3) is 0 Å². The number of carbonyl (C=O) groups excluding carboxylic acids is 1. The largest absolute Gasteiger partial charge is 0.454 e. The van der Waals surface area contributed by atoms with Gasteiger partial charge in [-0.15, -0.1) is 0 Å². The molecule has 1 atom stereocenters. The molecule has 0 radical (unpaired) electrons. The monoisotopic (exact) mass is 204 g/mol. The topological polar surface area (TPSA) is 26.3 Å². The summed E-state index contributed by atoms with van der Waals surface area (Å²) in [6.07, 6.45) is 0.995. The standard InChI is InChI=1S/C13H16O2/c1-4-12(14)15-13(10(2)3)11-8-6-5-7-9-11/h4-10,13H,1H2,2-3H3. The van der Waals surface area contributed by atoms with Gasteiger partial charge >= 0.3 is 5.97 Å². The zero-order valence-corrected chi connectivity index (χ0v) is 9.14. The molecule has 0 spiro atoms. The predicted molar refractivity (Wildman–Crippen MR) is 60.3 cm³/mol. The molecule has 0 aliphatic rings. The Kier molecular flexibility index (Phi) is 4.10. The maximum absolute atomic E-state index is 11.2. The lowest BCUT2D eigenvalue weighted by molar-refractivity contribution is -0.145. The van der Waals surface area contributed by atoms with E-state index in [4.69, 9.17) is 4.74 Å². The van der Waals surface area contributed by atoms with E-state index in [1.54, 1.807) is 0 Å². The van der Waals surface area contributed by atoms with Crippen molar-refractivity contribution in [3.63, 3.8) is 0 Å². The number of hydrogen-bond acceptors (Lipinski definition) is 2. The van der Waals surface area contributed by atoms with Gasteiger partial charge in [-0.05, 0) is 11.5 Å². The van der Waals surface area contributed by atoms with E-state index < -0.39 is 0 Å². The fourth-order valence-corrected chi connectivity index (χ4v) is 1.40. The molecule has 2 nitrogen and oxygen atoms in total. The number of esters is 1. The van der Waals surface area contributed by atoms with Crippen LogP contribution in [0, 0.1) is 5.92 Å². The van der Waals surface area contributed by atoms with E-state index in [2.05, 4.69) is 6.58 Å². The third-order valence-corrected chi connectivity index (χ3v) is 2.14. The van der Waals surface area contributed by atoms with Crippen molar-refractivity contribution >= 4 is 5.97 Å². The van der Waals surface area contributed by atoms with Crippen LogP contribution >= 0.6 is 0 Å². The van der Waals surface area contributed by atoms with Crippen molar-refractivity contribution in [1.29, 1.82) is 0 Å². The average molecular weight is 204 g/mol. The molecule has 0 saturated heterocycles. The first-order valence-electron chi connectivity index (χ1n) is 5.03. The lowest BCUT2D eigenvalue weighted by Crippen LogP contribution is -2.14. The van der Waals surface area contributed by atoms with E-state index >= 15 is 0 Å². The Bertz CT molecular complexity index is 328. The quantitative estimate of drug-likeness (QED) is 0.556. The van der Waals surface area contributed by atoms with Crippen molar-refractivity contribution in [1.82, 2.24) is 0 Å². The maximum atomic E-state index is 11.2. The molecule has 1 aromatic carbocycles. The lowest BCUT2D eigenvalue weighted by Gasteiger charge is -2.20. The highest BCUT2D eigenvalue weighted by molar-refractivity contribution is 5.81. The zero-order valence-electron chi connectivity index (χ0n) is 9.14. The van der Waals surface area contributed by atoms with Crippen LogP contribution in [-0.2, 0) is 9.53 Å². The Hall–Kier alpha value is -1.57. The van der Waals surface area contributed by atoms with Crippen LogP contribution in [0.1, 0.15) is 25.5 Å². The Morgan fingerprint density at radius 2 is 1.93 bits per heavy atom. The maximum Gasteiger partial charge on any atom is 0.330 e. The molecular weight excluding hydrogens is 188 g/mol. The van der Waals surface area contributed by atoms with Crippen molar-refractivity contribution in [3.05, 3.63) is 48.6 Å². The summed E-state index contributed by atoms with van der Waals surface area (Å²) in [6.45, 7) is 7.44. The number of hydrogen-bond donors (Lipinski definition) is 0. The Labute approximate surface area is 90.6 Å². The van der Waals surface area contributed by atoms with Crippen molar-refractivity contribution in [2.24, 2.45) is 5.92 Å². The summed E-state index contributed by atoms with van der Waals surface area (Å²) >= 11 is 0. The highest BCUT2D eigenvalue weighted by atomic mass is 16.5. The van der Waals surface area contributed by atoms with Gasteiger partial charge in [-0.2, -0.15) is 0 Å². The van der Waals surface area contributed by atoms with Crippen LogP contribution < -0.4 is 0 Å². The van der Waals surface area contributed by atoms with Crippen LogP contribution in [0.15, 0.2) is 43.0 Å². The van der Waals surface area contributed by atoms with Gasteiger partial charge in [0.2, 0.25) is 0 Å². The van der Waals surface area contributed by atoms with Crippen molar-refractivity contribution < 1.29 is 9.53 Å². The van der Waals surface area contributed by atoms with E-state index in [1.165, 1.54) is 6.08 Å². The van der Waals surface area contributed by atoms with E-state index in [0.29, 0.717) is 0 Å². The predicted octanol–water partition coefficient (Wildman–Crippen LogP) is 3.11. The highest BCUT2D eigenvalue weighted by Gasteiger charge is 2.18. The average Bonchev–Trinajstić information content (AvgIpc) is 2.26. The van der Waals surface area contributed by atoms with Crippen molar-refractivity contribution in [2.45, 2.75) is 20.0 Å². The second-order valence-electron chi connectivity index (χ2n) is 3.72. The first-order valence-corrected chi connectivity index (χ1v) is 5.03. The molecule has 0 aliphatic carbocycles. The van der Waals surface area contributed by atoms with Gasteiger partial charge < -0.3 is 4.74 Å². The summed E-state index contributed by atoms with van der Waals surface area (Å²) in [7, 11) is 0. The van der Waals surface area contributed by atoms with Gasteiger partial charge in [0.05, 0.1) is 0 Å². The summed E-state index contributed by atoms with van der Waals surface area (Å²) in [5.74, 6) is -0.131. The minimum absolute atomic E-state index is 0.198. The Morgan fingerprint density at radius 1 is 1.33 bits per heavy atom. The molecule has 0 N–H and O–H groups in total. The van der Waals surface area contributed by atoms with Gasteiger partial charge in [0, 0.05) is 6.08 Å². The molecular formula is C13H16O2. The summed E-state index contributed by atoms with van der Waals surface area (Å²) in [6, 6.07) is 9.73. The second-order valence-corrected chi connectivity index (χ2v) is 3.72. The minimum atomic E-state index is -0.377. The first kappa shape index (κ1) is 11.5. The number of ether oxygens (including phenoxy) is 1. The smallest absolute Gasteiger partial charge is 0.330 e.